The van der Waals surface area contributed by atoms with Gasteiger partial charge in [0.25, 0.3) is 0 Å². The van der Waals surface area contributed by atoms with Gasteiger partial charge >= 0.3 is 0 Å². The van der Waals surface area contributed by atoms with Crippen LogP contribution in [0, 0.1) is 14.9 Å². The quantitative estimate of drug-likeness (QED) is 0.356. The van der Waals surface area contributed by atoms with Crippen molar-refractivity contribution in [3.63, 3.8) is 0 Å². The first-order valence-corrected chi connectivity index (χ1v) is 6.45. The van der Waals surface area contributed by atoms with Gasteiger partial charge in [-0.25, -0.2) is 0 Å². The van der Waals surface area contributed by atoms with Crippen molar-refractivity contribution in [1.29, 1.82) is 0 Å². The molecule has 0 aliphatic rings. The Kier molecular flexibility index (Phi) is 8.12. The van der Waals surface area contributed by atoms with Gasteiger partial charge in [0.1, 0.15) is 0 Å². The fourth-order valence-corrected chi connectivity index (χ4v) is 2.54. The molecule has 3 rings (SSSR count). The summed E-state index contributed by atoms with van der Waals surface area (Å²) in [7, 11) is 0. The zero-order valence-electron chi connectivity index (χ0n) is 12.7. The first-order chi connectivity index (χ1) is 8.38. The molecular weight excluding hydrogens is 407 g/mol. The van der Waals surface area contributed by atoms with Crippen LogP contribution in [0.1, 0.15) is 25.3 Å². The number of hydrogen-bond donors (Lipinski definition) is 0. The van der Waals surface area contributed by atoms with Crippen molar-refractivity contribution in [1.82, 2.24) is 0 Å². The van der Waals surface area contributed by atoms with E-state index in [0.29, 0.717) is 0 Å². The molecule has 0 fully saturated rings. The SMILES string of the molecule is CCCC[c-]1ccc2cc3ccccc3cc21.[CH3-].[CH3-].[Hf]. The first-order valence-electron chi connectivity index (χ1n) is 6.45. The topological polar surface area (TPSA) is 0 Å². The Hall–Kier alpha value is -0.820. The van der Waals surface area contributed by atoms with E-state index in [4.69, 9.17) is 0 Å². The molecule has 0 N–H and O–H groups in total. The van der Waals surface area contributed by atoms with Crippen molar-refractivity contribution in [2.24, 2.45) is 0 Å². The third-order valence-corrected chi connectivity index (χ3v) is 3.53. The summed E-state index contributed by atoms with van der Waals surface area (Å²) < 4.78 is 0. The van der Waals surface area contributed by atoms with E-state index in [1.165, 1.54) is 46.4 Å². The fourth-order valence-electron chi connectivity index (χ4n) is 2.54. The molecule has 20 heavy (non-hydrogen) atoms. The van der Waals surface area contributed by atoms with Gasteiger partial charge in [0.15, 0.2) is 0 Å². The zero-order valence-corrected chi connectivity index (χ0v) is 16.3. The van der Waals surface area contributed by atoms with E-state index in [2.05, 4.69) is 55.5 Å². The minimum atomic E-state index is 0. The Morgan fingerprint density at radius 2 is 1.55 bits per heavy atom. The minimum Gasteiger partial charge on any atom is -0.358 e. The van der Waals surface area contributed by atoms with Crippen LogP contribution in [0.25, 0.3) is 21.5 Å². The number of aryl methyl sites for hydroxylation is 1. The molecule has 0 aromatic heterocycles. The first kappa shape index (κ1) is 19.2. The summed E-state index contributed by atoms with van der Waals surface area (Å²) in [6.45, 7) is 2.25. The van der Waals surface area contributed by atoms with E-state index in [1.54, 1.807) is 0 Å². The van der Waals surface area contributed by atoms with Crippen molar-refractivity contribution in [2.75, 3.05) is 0 Å². The van der Waals surface area contributed by atoms with Crippen LogP contribution in [0.5, 0.6) is 0 Å². The molecule has 0 radical (unpaired) electrons. The van der Waals surface area contributed by atoms with E-state index < -0.39 is 0 Å². The van der Waals surface area contributed by atoms with Gasteiger partial charge in [-0.15, -0.1) is 28.5 Å². The summed E-state index contributed by atoms with van der Waals surface area (Å²) in [5.41, 5.74) is 1.51. The second kappa shape index (κ2) is 8.46. The van der Waals surface area contributed by atoms with Gasteiger partial charge in [0, 0.05) is 25.8 Å². The van der Waals surface area contributed by atoms with Crippen LogP contribution in [-0.4, -0.2) is 0 Å². The number of unbranched alkanes of at least 4 members (excludes halogenated alkanes) is 1. The Bertz CT molecular complexity index is 649. The van der Waals surface area contributed by atoms with Gasteiger partial charge in [-0.1, -0.05) is 61.9 Å². The van der Waals surface area contributed by atoms with Crippen molar-refractivity contribution in [3.05, 3.63) is 68.9 Å². The smallest absolute Gasteiger partial charge is 0 e. The molecule has 0 amide bonds. The van der Waals surface area contributed by atoms with Crippen LogP contribution in [0.4, 0.5) is 0 Å². The molecule has 0 bridgehead atoms. The van der Waals surface area contributed by atoms with Crippen LogP contribution in [0.15, 0.2) is 48.5 Å². The predicted molar refractivity (Wildman–Crippen MR) is 88.5 cm³/mol. The summed E-state index contributed by atoms with van der Waals surface area (Å²) in [6, 6.07) is 17.8. The molecule has 0 saturated carbocycles. The molecular formula is C19H23Hf-3. The van der Waals surface area contributed by atoms with Crippen molar-refractivity contribution < 1.29 is 25.8 Å². The Labute approximate surface area is 142 Å². The maximum Gasteiger partial charge on any atom is 0 e. The van der Waals surface area contributed by atoms with Crippen LogP contribution < -0.4 is 0 Å². The Morgan fingerprint density at radius 1 is 0.900 bits per heavy atom. The van der Waals surface area contributed by atoms with Crippen LogP contribution in [0.2, 0.25) is 0 Å². The number of fused-ring (bicyclic) bond motifs is 2. The summed E-state index contributed by atoms with van der Waals surface area (Å²) in [5, 5.41) is 5.52. The molecule has 106 valence electrons. The number of hydrogen-bond acceptors (Lipinski definition) is 0. The predicted octanol–water partition coefficient (Wildman–Crippen LogP) is 5.95. The fraction of sp³-hybridized carbons (Fsp3) is 0.211. The maximum absolute atomic E-state index is 2.34. The monoisotopic (exact) mass is 431 g/mol. The normalized spacial score (nSPS) is 9.65. The Balaban J connectivity index is 0.00000120. The average molecular weight is 430 g/mol. The molecule has 0 aliphatic heterocycles. The van der Waals surface area contributed by atoms with E-state index in [-0.39, 0.29) is 40.7 Å². The molecule has 1 heteroatoms. The van der Waals surface area contributed by atoms with Gasteiger partial charge in [0.2, 0.25) is 0 Å². The number of benzene rings is 2. The largest absolute Gasteiger partial charge is 0.358 e. The molecule has 0 nitrogen and oxygen atoms in total. The summed E-state index contributed by atoms with van der Waals surface area (Å²) in [4.78, 5) is 0. The average Bonchev–Trinajstić information content (AvgIpc) is 2.76. The maximum atomic E-state index is 2.34. The van der Waals surface area contributed by atoms with Gasteiger partial charge in [-0.2, -0.15) is 6.07 Å². The van der Waals surface area contributed by atoms with Crippen molar-refractivity contribution >= 4 is 21.5 Å². The molecule has 0 aliphatic carbocycles. The van der Waals surface area contributed by atoms with E-state index in [9.17, 15) is 0 Å². The van der Waals surface area contributed by atoms with E-state index in [1.807, 2.05) is 0 Å². The zero-order chi connectivity index (χ0) is 11.7. The van der Waals surface area contributed by atoms with Crippen LogP contribution >= 0.6 is 0 Å². The van der Waals surface area contributed by atoms with Gasteiger partial charge in [0.05, 0.1) is 0 Å². The molecule has 3 aromatic carbocycles. The van der Waals surface area contributed by atoms with Gasteiger partial charge in [-0.3, -0.25) is 0 Å². The summed E-state index contributed by atoms with van der Waals surface area (Å²) >= 11 is 0. The molecule has 0 atom stereocenters. The van der Waals surface area contributed by atoms with Crippen molar-refractivity contribution in [2.45, 2.75) is 26.2 Å². The number of rotatable bonds is 3. The second-order valence-corrected chi connectivity index (χ2v) is 4.75. The Morgan fingerprint density at radius 3 is 2.20 bits per heavy atom. The van der Waals surface area contributed by atoms with E-state index >= 15 is 0 Å². The second-order valence-electron chi connectivity index (χ2n) is 4.75. The molecule has 0 heterocycles. The van der Waals surface area contributed by atoms with Crippen LogP contribution in [-0.2, 0) is 32.3 Å². The summed E-state index contributed by atoms with van der Waals surface area (Å²) in [5.74, 6) is 0. The van der Waals surface area contributed by atoms with Crippen LogP contribution in [0.3, 0.4) is 0 Å². The minimum absolute atomic E-state index is 0. The standard InChI is InChI=1S/C17H17.2CH3.Hf/c1-2-3-6-13-9-10-16-11-14-7-4-5-8-15(14)12-17(13)16;;;/h4-5,7-12H,2-3,6H2,1H3;2*1H3;/q3*-1;. The molecule has 0 unspecified atom stereocenters. The molecule has 3 aromatic rings. The van der Waals surface area contributed by atoms with E-state index in [0.717, 1.165) is 0 Å². The third kappa shape index (κ3) is 3.63. The summed E-state index contributed by atoms with van der Waals surface area (Å²) in [6.07, 6.45) is 3.75. The molecule has 0 spiro atoms. The van der Waals surface area contributed by atoms with Crippen molar-refractivity contribution in [3.8, 4) is 0 Å². The molecule has 0 saturated heterocycles. The third-order valence-electron chi connectivity index (χ3n) is 3.53. The van der Waals surface area contributed by atoms with Gasteiger partial charge < -0.3 is 14.9 Å². The van der Waals surface area contributed by atoms with Gasteiger partial charge in [-0.05, 0) is 5.39 Å².